The van der Waals surface area contributed by atoms with E-state index in [0.29, 0.717) is 17.8 Å². The van der Waals surface area contributed by atoms with Crippen molar-refractivity contribution in [2.75, 3.05) is 11.9 Å². The van der Waals surface area contributed by atoms with Crippen molar-refractivity contribution in [3.63, 3.8) is 0 Å². The van der Waals surface area contributed by atoms with E-state index < -0.39 is 0 Å². The Morgan fingerprint density at radius 3 is 2.46 bits per heavy atom. The molecule has 0 aliphatic carbocycles. The van der Waals surface area contributed by atoms with Gasteiger partial charge in [-0.15, -0.1) is 0 Å². The van der Waals surface area contributed by atoms with Crippen LogP contribution in [-0.2, 0) is 9.59 Å². The Labute approximate surface area is 162 Å². The molecule has 0 spiro atoms. The van der Waals surface area contributed by atoms with Gasteiger partial charge in [-0.05, 0) is 49.6 Å². The molecule has 0 atom stereocenters. The maximum absolute atomic E-state index is 13.0. The number of hydrogen-bond donors (Lipinski definition) is 1. The lowest BCUT2D eigenvalue weighted by atomic mass is 9.97. The third-order valence-electron chi connectivity index (χ3n) is 4.36. The highest BCUT2D eigenvalue weighted by atomic mass is 79.9. The number of carbonyl (C=O) groups is 2. The van der Waals surface area contributed by atoms with Gasteiger partial charge < -0.3 is 5.32 Å². The van der Waals surface area contributed by atoms with E-state index in [2.05, 4.69) is 21.2 Å². The van der Waals surface area contributed by atoms with Gasteiger partial charge in [0.05, 0.1) is 5.57 Å². The predicted molar refractivity (Wildman–Crippen MR) is 108 cm³/mol. The number of benzene rings is 2. The molecule has 1 N–H and O–H groups in total. The van der Waals surface area contributed by atoms with Crippen LogP contribution >= 0.6 is 15.9 Å². The molecule has 0 fully saturated rings. The van der Waals surface area contributed by atoms with Crippen molar-refractivity contribution in [3.05, 3.63) is 69.3 Å². The summed E-state index contributed by atoms with van der Waals surface area (Å²) in [6, 6.07) is 13.5. The van der Waals surface area contributed by atoms with Crippen LogP contribution in [0, 0.1) is 13.8 Å². The maximum Gasteiger partial charge on any atom is 0.278 e. The van der Waals surface area contributed by atoms with Crippen molar-refractivity contribution < 1.29 is 9.59 Å². The molecular formula is C21H21BrN2O2. The minimum atomic E-state index is -0.271. The zero-order chi connectivity index (χ0) is 18.8. The topological polar surface area (TPSA) is 49.4 Å². The summed E-state index contributed by atoms with van der Waals surface area (Å²) in [4.78, 5) is 27.3. The Morgan fingerprint density at radius 2 is 1.81 bits per heavy atom. The van der Waals surface area contributed by atoms with Gasteiger partial charge in [0.2, 0.25) is 0 Å². The molecule has 0 saturated heterocycles. The smallest absolute Gasteiger partial charge is 0.278 e. The third kappa shape index (κ3) is 3.44. The Bertz CT molecular complexity index is 918. The van der Waals surface area contributed by atoms with Crippen molar-refractivity contribution in [2.24, 2.45) is 0 Å². The van der Waals surface area contributed by atoms with Gasteiger partial charge in [0, 0.05) is 16.7 Å². The largest absolute Gasteiger partial charge is 0.350 e. The number of halogens is 1. The molecule has 26 heavy (non-hydrogen) atoms. The number of nitrogens with one attached hydrogen (secondary N) is 1. The molecule has 1 aliphatic rings. The molecule has 3 rings (SSSR count). The Morgan fingerprint density at radius 1 is 1.04 bits per heavy atom. The summed E-state index contributed by atoms with van der Waals surface area (Å²) in [5, 5.41) is 3.18. The second-order valence-corrected chi connectivity index (χ2v) is 7.38. The summed E-state index contributed by atoms with van der Waals surface area (Å²) in [5.41, 5.74) is 4.44. The first-order valence-electron chi connectivity index (χ1n) is 8.63. The van der Waals surface area contributed by atoms with E-state index in [1.54, 1.807) is 0 Å². The molecule has 0 bridgehead atoms. The van der Waals surface area contributed by atoms with Crippen LogP contribution in [0.5, 0.6) is 0 Å². The normalized spacial score (nSPS) is 14.4. The summed E-state index contributed by atoms with van der Waals surface area (Å²) >= 11 is 3.44. The Hall–Kier alpha value is -2.40. The fourth-order valence-corrected chi connectivity index (χ4v) is 3.57. The average Bonchev–Trinajstić information content (AvgIpc) is 2.80. The minimum Gasteiger partial charge on any atom is -0.350 e. The number of nitrogens with zero attached hydrogens (tertiary/aromatic N) is 1. The fraction of sp³-hybridized carbons (Fsp3) is 0.238. The lowest BCUT2D eigenvalue weighted by Crippen LogP contribution is -2.33. The predicted octanol–water partition coefficient (Wildman–Crippen LogP) is 4.67. The highest BCUT2D eigenvalue weighted by molar-refractivity contribution is 9.10. The fourth-order valence-electron chi connectivity index (χ4n) is 3.17. The van der Waals surface area contributed by atoms with E-state index in [1.807, 2.05) is 63.2 Å². The monoisotopic (exact) mass is 412 g/mol. The second kappa shape index (κ2) is 7.46. The van der Waals surface area contributed by atoms with Gasteiger partial charge in [0.25, 0.3) is 11.8 Å². The molecule has 0 saturated carbocycles. The Balaban J connectivity index is 2.12. The summed E-state index contributed by atoms with van der Waals surface area (Å²) in [5.74, 6) is -0.506. The molecule has 2 amide bonds. The van der Waals surface area contributed by atoms with Gasteiger partial charge in [-0.1, -0.05) is 52.7 Å². The van der Waals surface area contributed by atoms with Crippen molar-refractivity contribution in [1.82, 2.24) is 4.90 Å². The van der Waals surface area contributed by atoms with Gasteiger partial charge in [-0.25, -0.2) is 0 Å². The van der Waals surface area contributed by atoms with Crippen LogP contribution in [0.25, 0.3) is 5.57 Å². The first-order valence-corrected chi connectivity index (χ1v) is 9.42. The molecule has 4 nitrogen and oxygen atoms in total. The molecule has 1 heterocycles. The van der Waals surface area contributed by atoms with Crippen molar-refractivity contribution >= 4 is 39.0 Å². The number of hydrogen-bond acceptors (Lipinski definition) is 3. The standard InChI is InChI=1S/C21H21BrN2O2/c1-4-10-24-20(25)18(17-9-8-13(2)11-14(17)3)19(21(24)26)23-16-7-5-6-15(22)12-16/h5-9,11-12,23H,4,10H2,1-3H3. The first-order chi connectivity index (χ1) is 12.4. The lowest BCUT2D eigenvalue weighted by molar-refractivity contribution is -0.136. The number of amides is 2. The van der Waals surface area contributed by atoms with Crippen LogP contribution < -0.4 is 5.32 Å². The van der Waals surface area contributed by atoms with Gasteiger partial charge in [-0.2, -0.15) is 0 Å². The SMILES string of the molecule is CCCN1C(=O)C(Nc2cccc(Br)c2)=C(c2ccc(C)cc2C)C1=O. The zero-order valence-corrected chi connectivity index (χ0v) is 16.7. The highest BCUT2D eigenvalue weighted by Gasteiger charge is 2.39. The number of anilines is 1. The van der Waals surface area contributed by atoms with Crippen LogP contribution in [0.2, 0.25) is 0 Å². The molecule has 2 aromatic carbocycles. The maximum atomic E-state index is 13.0. The van der Waals surface area contributed by atoms with E-state index in [-0.39, 0.29) is 11.8 Å². The minimum absolute atomic E-state index is 0.235. The molecular weight excluding hydrogens is 392 g/mol. The molecule has 134 valence electrons. The summed E-state index contributed by atoms with van der Waals surface area (Å²) in [7, 11) is 0. The summed E-state index contributed by atoms with van der Waals surface area (Å²) in [6.45, 7) is 6.34. The quantitative estimate of drug-likeness (QED) is 0.725. The van der Waals surface area contributed by atoms with E-state index in [0.717, 1.165) is 33.3 Å². The molecule has 5 heteroatoms. The van der Waals surface area contributed by atoms with E-state index in [1.165, 1.54) is 4.90 Å². The molecule has 0 aromatic heterocycles. The molecule has 0 radical (unpaired) electrons. The van der Waals surface area contributed by atoms with E-state index in [4.69, 9.17) is 0 Å². The van der Waals surface area contributed by atoms with Gasteiger partial charge in [-0.3, -0.25) is 14.5 Å². The van der Waals surface area contributed by atoms with E-state index in [9.17, 15) is 9.59 Å². The highest BCUT2D eigenvalue weighted by Crippen LogP contribution is 2.33. The van der Waals surface area contributed by atoms with Gasteiger partial charge in [0.1, 0.15) is 5.70 Å². The van der Waals surface area contributed by atoms with Crippen LogP contribution in [0.1, 0.15) is 30.0 Å². The number of imide groups is 1. The first kappa shape index (κ1) is 18.4. The van der Waals surface area contributed by atoms with Gasteiger partial charge in [0.15, 0.2) is 0 Å². The van der Waals surface area contributed by atoms with Crippen molar-refractivity contribution in [3.8, 4) is 0 Å². The second-order valence-electron chi connectivity index (χ2n) is 6.47. The molecule has 1 aliphatic heterocycles. The van der Waals surface area contributed by atoms with E-state index >= 15 is 0 Å². The number of carbonyl (C=O) groups excluding carboxylic acids is 2. The van der Waals surface area contributed by atoms with Crippen LogP contribution in [0.4, 0.5) is 5.69 Å². The van der Waals surface area contributed by atoms with Crippen LogP contribution in [0.3, 0.4) is 0 Å². The third-order valence-corrected chi connectivity index (χ3v) is 4.85. The van der Waals surface area contributed by atoms with Gasteiger partial charge >= 0.3 is 0 Å². The average molecular weight is 413 g/mol. The summed E-state index contributed by atoms with van der Waals surface area (Å²) < 4.78 is 0.901. The number of rotatable bonds is 5. The summed E-state index contributed by atoms with van der Waals surface area (Å²) in [6.07, 6.45) is 0.724. The zero-order valence-electron chi connectivity index (χ0n) is 15.1. The van der Waals surface area contributed by atoms with Crippen molar-refractivity contribution in [2.45, 2.75) is 27.2 Å². The Kier molecular flexibility index (Phi) is 5.28. The van der Waals surface area contributed by atoms with Crippen LogP contribution in [-0.4, -0.2) is 23.3 Å². The molecule has 2 aromatic rings. The number of aryl methyl sites for hydroxylation is 2. The van der Waals surface area contributed by atoms with Crippen molar-refractivity contribution in [1.29, 1.82) is 0 Å². The van der Waals surface area contributed by atoms with Crippen LogP contribution in [0.15, 0.2) is 52.6 Å². The molecule has 0 unspecified atom stereocenters. The lowest BCUT2D eigenvalue weighted by Gasteiger charge is -2.14.